The number of hydrogen-bond donors (Lipinski definition) is 2. The maximum Gasteiger partial charge on any atom is 0.162 e. The van der Waals surface area contributed by atoms with Crippen molar-refractivity contribution in [1.82, 2.24) is 0 Å². The third kappa shape index (κ3) is 3.16. The Labute approximate surface area is 129 Å². The van der Waals surface area contributed by atoms with E-state index >= 15 is 0 Å². The Hall–Kier alpha value is -1.46. The normalized spacial score (nSPS) is 10.4. The van der Waals surface area contributed by atoms with Crippen LogP contribution in [-0.4, -0.2) is 12.2 Å². The van der Waals surface area contributed by atoms with Crippen molar-refractivity contribution in [3.63, 3.8) is 0 Å². The summed E-state index contributed by atoms with van der Waals surface area (Å²) in [4.78, 5) is 0. The molecule has 0 amide bonds. The van der Waals surface area contributed by atoms with Crippen LogP contribution in [0.5, 0.6) is 11.5 Å². The van der Waals surface area contributed by atoms with Gasteiger partial charge < -0.3 is 15.2 Å². The molecule has 2 aromatic carbocycles. The van der Waals surface area contributed by atoms with Crippen molar-refractivity contribution in [2.45, 2.75) is 6.54 Å². The van der Waals surface area contributed by atoms with Crippen LogP contribution in [0.2, 0.25) is 5.02 Å². The Morgan fingerprint density at radius 3 is 2.80 bits per heavy atom. The quantitative estimate of drug-likeness (QED) is 0.839. The van der Waals surface area contributed by atoms with Crippen molar-refractivity contribution in [3.8, 4) is 11.5 Å². The number of methoxy groups -OCH3 is 1. The zero-order chi connectivity index (χ0) is 14.7. The summed E-state index contributed by atoms with van der Waals surface area (Å²) in [5.41, 5.74) is 1.21. The molecule has 0 atom stereocenters. The van der Waals surface area contributed by atoms with Crippen LogP contribution in [-0.2, 0) is 6.54 Å². The zero-order valence-electron chi connectivity index (χ0n) is 10.6. The highest BCUT2D eigenvalue weighted by Gasteiger charge is 2.11. The third-order valence-electron chi connectivity index (χ3n) is 2.76. The van der Waals surface area contributed by atoms with Gasteiger partial charge in [0.15, 0.2) is 11.5 Å². The molecule has 0 aliphatic rings. The second-order valence-electron chi connectivity index (χ2n) is 4.07. The van der Waals surface area contributed by atoms with Gasteiger partial charge in [-0.3, -0.25) is 0 Å². The summed E-state index contributed by atoms with van der Waals surface area (Å²) < 4.78 is 18.7. The average Bonchev–Trinajstić information content (AvgIpc) is 2.39. The molecule has 0 unspecified atom stereocenters. The number of halogens is 3. The first-order chi connectivity index (χ1) is 9.52. The van der Waals surface area contributed by atoms with Gasteiger partial charge in [0, 0.05) is 16.6 Å². The van der Waals surface area contributed by atoms with Gasteiger partial charge in [-0.1, -0.05) is 23.7 Å². The van der Waals surface area contributed by atoms with E-state index in [9.17, 15) is 9.50 Å². The zero-order valence-corrected chi connectivity index (χ0v) is 12.9. The maximum absolute atomic E-state index is 13.1. The largest absolute Gasteiger partial charge is 0.504 e. The standard InChI is InChI=1S/C14H12BrClFNO2/c1-20-12-4-2-3-8(14(12)19)7-18-13-10(15)5-9(17)6-11(13)16/h2-6,18-19H,7H2,1H3. The molecular formula is C14H12BrClFNO2. The topological polar surface area (TPSA) is 41.5 Å². The molecule has 0 saturated carbocycles. The van der Waals surface area contributed by atoms with Gasteiger partial charge in [-0.25, -0.2) is 4.39 Å². The molecular weight excluding hydrogens is 349 g/mol. The van der Waals surface area contributed by atoms with E-state index in [1.165, 1.54) is 19.2 Å². The molecule has 6 heteroatoms. The van der Waals surface area contributed by atoms with Gasteiger partial charge in [-0.05, 0) is 34.1 Å². The average molecular weight is 361 g/mol. The molecule has 0 spiro atoms. The van der Waals surface area contributed by atoms with Crippen molar-refractivity contribution in [1.29, 1.82) is 0 Å². The van der Waals surface area contributed by atoms with Gasteiger partial charge in [0.25, 0.3) is 0 Å². The molecule has 0 radical (unpaired) electrons. The molecule has 106 valence electrons. The van der Waals surface area contributed by atoms with Crippen LogP contribution >= 0.6 is 27.5 Å². The van der Waals surface area contributed by atoms with E-state index in [1.54, 1.807) is 18.2 Å². The number of phenolic OH excluding ortho intramolecular Hbond substituents is 1. The number of hydrogen-bond acceptors (Lipinski definition) is 3. The van der Waals surface area contributed by atoms with Gasteiger partial charge in [0.05, 0.1) is 17.8 Å². The van der Waals surface area contributed by atoms with Crippen LogP contribution in [0, 0.1) is 5.82 Å². The smallest absolute Gasteiger partial charge is 0.162 e. The molecule has 3 nitrogen and oxygen atoms in total. The van der Waals surface area contributed by atoms with Gasteiger partial charge in [-0.15, -0.1) is 0 Å². The van der Waals surface area contributed by atoms with Gasteiger partial charge in [-0.2, -0.15) is 0 Å². The minimum atomic E-state index is -0.420. The van der Waals surface area contributed by atoms with Gasteiger partial charge in [0.1, 0.15) is 5.82 Å². The minimum Gasteiger partial charge on any atom is -0.504 e. The van der Waals surface area contributed by atoms with E-state index in [4.69, 9.17) is 16.3 Å². The van der Waals surface area contributed by atoms with Crippen molar-refractivity contribution >= 4 is 33.2 Å². The second kappa shape index (κ2) is 6.33. The van der Waals surface area contributed by atoms with E-state index < -0.39 is 5.82 Å². The SMILES string of the molecule is COc1cccc(CNc2c(Cl)cc(F)cc2Br)c1O. The number of rotatable bonds is 4. The molecule has 0 aliphatic carbocycles. The Balaban J connectivity index is 2.21. The molecule has 0 fully saturated rings. The summed E-state index contributed by atoms with van der Waals surface area (Å²) in [5.74, 6) is 0.0436. The van der Waals surface area contributed by atoms with E-state index in [1.807, 2.05) is 0 Å². The predicted molar refractivity (Wildman–Crippen MR) is 81.1 cm³/mol. The molecule has 0 bridgehead atoms. The monoisotopic (exact) mass is 359 g/mol. The van der Waals surface area contributed by atoms with Crippen LogP contribution in [0.3, 0.4) is 0 Å². The number of nitrogens with one attached hydrogen (secondary N) is 1. The number of benzene rings is 2. The third-order valence-corrected chi connectivity index (χ3v) is 3.69. The summed E-state index contributed by atoms with van der Waals surface area (Å²) in [5, 5.41) is 13.3. The van der Waals surface area contributed by atoms with Crippen molar-refractivity contribution in [3.05, 3.63) is 51.2 Å². The molecule has 2 aromatic rings. The van der Waals surface area contributed by atoms with Crippen LogP contribution in [0.1, 0.15) is 5.56 Å². The minimum absolute atomic E-state index is 0.0665. The highest BCUT2D eigenvalue weighted by molar-refractivity contribution is 9.10. The van der Waals surface area contributed by atoms with Crippen molar-refractivity contribution < 1.29 is 14.2 Å². The van der Waals surface area contributed by atoms with Crippen LogP contribution in [0.25, 0.3) is 0 Å². The Morgan fingerprint density at radius 1 is 1.40 bits per heavy atom. The molecule has 0 aliphatic heterocycles. The lowest BCUT2D eigenvalue weighted by molar-refractivity contribution is 0.371. The molecule has 0 heterocycles. The Kier molecular flexibility index (Phi) is 4.73. The Morgan fingerprint density at radius 2 is 2.15 bits per heavy atom. The van der Waals surface area contributed by atoms with E-state index in [0.717, 1.165) is 0 Å². The molecule has 2 N–H and O–H groups in total. The first-order valence-electron chi connectivity index (χ1n) is 5.76. The first kappa shape index (κ1) is 14.9. The fraction of sp³-hybridized carbons (Fsp3) is 0.143. The number of phenols is 1. The number of anilines is 1. The van der Waals surface area contributed by atoms with Crippen molar-refractivity contribution in [2.24, 2.45) is 0 Å². The second-order valence-corrected chi connectivity index (χ2v) is 5.33. The number of ether oxygens (including phenoxy) is 1. The molecule has 0 aromatic heterocycles. The highest BCUT2D eigenvalue weighted by Crippen LogP contribution is 2.34. The first-order valence-corrected chi connectivity index (χ1v) is 6.93. The molecule has 2 rings (SSSR count). The number of aromatic hydroxyl groups is 1. The van der Waals surface area contributed by atoms with Crippen LogP contribution in [0.15, 0.2) is 34.8 Å². The lowest BCUT2D eigenvalue weighted by Crippen LogP contribution is -2.02. The lowest BCUT2D eigenvalue weighted by Gasteiger charge is -2.13. The summed E-state index contributed by atoms with van der Waals surface area (Å²) in [6.07, 6.45) is 0. The van der Waals surface area contributed by atoms with Crippen molar-refractivity contribution in [2.75, 3.05) is 12.4 Å². The van der Waals surface area contributed by atoms with Gasteiger partial charge >= 0.3 is 0 Å². The van der Waals surface area contributed by atoms with E-state index in [-0.39, 0.29) is 10.8 Å². The highest BCUT2D eigenvalue weighted by atomic mass is 79.9. The van der Waals surface area contributed by atoms with Gasteiger partial charge in [0.2, 0.25) is 0 Å². The summed E-state index contributed by atoms with van der Waals surface area (Å²) in [6.45, 7) is 0.326. The summed E-state index contributed by atoms with van der Waals surface area (Å²) in [6, 6.07) is 7.74. The summed E-state index contributed by atoms with van der Waals surface area (Å²) in [7, 11) is 1.49. The fourth-order valence-corrected chi connectivity index (χ4v) is 2.73. The predicted octanol–water partition coefficient (Wildman–Crippen LogP) is 4.57. The fourth-order valence-electron chi connectivity index (χ4n) is 1.77. The Bertz CT molecular complexity index is 614. The summed E-state index contributed by atoms with van der Waals surface area (Å²) >= 11 is 9.22. The van der Waals surface area contributed by atoms with Crippen LogP contribution in [0.4, 0.5) is 10.1 Å². The van der Waals surface area contributed by atoms with E-state index in [0.29, 0.717) is 28.0 Å². The molecule has 20 heavy (non-hydrogen) atoms. The number of para-hydroxylation sites is 1. The lowest BCUT2D eigenvalue weighted by atomic mass is 10.2. The van der Waals surface area contributed by atoms with Crippen LogP contribution < -0.4 is 10.1 Å². The maximum atomic E-state index is 13.1. The molecule has 0 saturated heterocycles. The van der Waals surface area contributed by atoms with E-state index in [2.05, 4.69) is 21.2 Å².